The van der Waals surface area contributed by atoms with Crippen molar-refractivity contribution in [3.63, 3.8) is 0 Å². The molecule has 0 unspecified atom stereocenters. The van der Waals surface area contributed by atoms with Gasteiger partial charge in [-0.25, -0.2) is 0 Å². The van der Waals surface area contributed by atoms with Crippen molar-refractivity contribution in [1.29, 1.82) is 0 Å². The van der Waals surface area contributed by atoms with Crippen molar-refractivity contribution in [2.24, 2.45) is 18.0 Å². The molecule has 1 aromatic carbocycles. The van der Waals surface area contributed by atoms with Gasteiger partial charge in [0.25, 0.3) is 5.56 Å². The van der Waals surface area contributed by atoms with Gasteiger partial charge in [0.1, 0.15) is 5.75 Å². The smallest absolute Gasteiger partial charge is 0.261 e. The first-order valence-electron chi connectivity index (χ1n) is 7.95. The molecular weight excluding hydrogens is 304 g/mol. The van der Waals surface area contributed by atoms with Crippen molar-refractivity contribution in [3.8, 4) is 16.9 Å². The fourth-order valence-electron chi connectivity index (χ4n) is 2.62. The van der Waals surface area contributed by atoms with Gasteiger partial charge in [-0.3, -0.25) is 9.79 Å². The standard InChI is InChI=1S/C18H22N4O2/c1-21-8-14-17(20)15(9-22(2)18(14)23)13-7-12(19)5-6-16(13)24-10-11-3-4-11/h5-9,11H,3-4,10,19-20H2,1-2H3. The minimum atomic E-state index is -0.189. The lowest BCUT2D eigenvalue weighted by molar-refractivity contribution is 0.301. The quantitative estimate of drug-likeness (QED) is 0.649. The van der Waals surface area contributed by atoms with E-state index in [1.54, 1.807) is 26.4 Å². The van der Waals surface area contributed by atoms with Crippen LogP contribution in [0.1, 0.15) is 18.4 Å². The Hall–Kier alpha value is -2.76. The summed E-state index contributed by atoms with van der Waals surface area (Å²) < 4.78 is 7.46. The summed E-state index contributed by atoms with van der Waals surface area (Å²) in [5.74, 6) is 1.36. The van der Waals surface area contributed by atoms with E-state index in [0.29, 0.717) is 35.0 Å². The first kappa shape index (κ1) is 16.1. The van der Waals surface area contributed by atoms with E-state index in [0.717, 1.165) is 11.3 Å². The van der Waals surface area contributed by atoms with Gasteiger partial charge in [0.2, 0.25) is 0 Å². The Bertz CT molecular complexity index is 851. The molecule has 0 atom stereocenters. The van der Waals surface area contributed by atoms with Crippen LogP contribution in [-0.4, -0.2) is 24.4 Å². The van der Waals surface area contributed by atoms with Crippen molar-refractivity contribution < 1.29 is 4.74 Å². The zero-order valence-electron chi connectivity index (χ0n) is 14.0. The highest BCUT2D eigenvalue weighted by atomic mass is 16.5. The number of aryl methyl sites for hydroxylation is 1. The van der Waals surface area contributed by atoms with Gasteiger partial charge < -0.3 is 20.8 Å². The van der Waals surface area contributed by atoms with Crippen molar-refractivity contribution in [1.82, 2.24) is 4.57 Å². The molecule has 0 saturated heterocycles. The summed E-state index contributed by atoms with van der Waals surface area (Å²) in [7, 11) is 3.30. The second-order valence-electron chi connectivity index (χ2n) is 6.18. The number of nitrogens with two attached hydrogens (primary N) is 2. The Morgan fingerprint density at radius 1 is 1.33 bits per heavy atom. The van der Waals surface area contributed by atoms with Gasteiger partial charge in [0.05, 0.1) is 17.9 Å². The number of aromatic nitrogens is 1. The predicted octanol–water partition coefficient (Wildman–Crippen LogP) is 2.05. The molecule has 3 rings (SSSR count). The van der Waals surface area contributed by atoms with Gasteiger partial charge in [-0.1, -0.05) is 0 Å². The topological polar surface area (TPSA) is 95.6 Å². The van der Waals surface area contributed by atoms with Gasteiger partial charge in [-0.05, 0) is 37.0 Å². The number of pyridine rings is 1. The Balaban J connectivity index is 2.13. The highest BCUT2D eigenvalue weighted by molar-refractivity contribution is 5.94. The van der Waals surface area contributed by atoms with E-state index >= 15 is 0 Å². The number of nitrogen functional groups attached to an aromatic ring is 2. The zero-order chi connectivity index (χ0) is 17.3. The average molecular weight is 326 g/mol. The first-order valence-corrected chi connectivity index (χ1v) is 7.95. The Morgan fingerprint density at radius 3 is 2.75 bits per heavy atom. The summed E-state index contributed by atoms with van der Waals surface area (Å²) in [6, 6.07) is 5.48. The summed E-state index contributed by atoms with van der Waals surface area (Å²) in [6.07, 6.45) is 5.62. The van der Waals surface area contributed by atoms with E-state index in [-0.39, 0.29) is 5.56 Å². The molecule has 1 aliphatic rings. The first-order chi connectivity index (χ1) is 11.5. The van der Waals surface area contributed by atoms with E-state index in [1.807, 2.05) is 12.1 Å². The lowest BCUT2D eigenvalue weighted by Gasteiger charge is -2.16. The second-order valence-corrected chi connectivity index (χ2v) is 6.18. The zero-order valence-corrected chi connectivity index (χ0v) is 14.0. The number of rotatable bonds is 5. The molecule has 4 N–H and O–H groups in total. The minimum absolute atomic E-state index is 0.189. The molecule has 0 amide bonds. The predicted molar refractivity (Wildman–Crippen MR) is 97.7 cm³/mol. The van der Waals surface area contributed by atoms with E-state index in [4.69, 9.17) is 16.2 Å². The summed E-state index contributed by atoms with van der Waals surface area (Å²) in [5.41, 5.74) is 14.9. The Labute approximate surface area is 140 Å². The fraction of sp³-hybridized carbons (Fsp3) is 0.333. The van der Waals surface area contributed by atoms with Gasteiger partial charge in [-0.2, -0.15) is 0 Å². The number of aliphatic imine (C=N–C) groups is 1. The summed E-state index contributed by atoms with van der Waals surface area (Å²) in [5, 5.41) is 0. The van der Waals surface area contributed by atoms with Gasteiger partial charge in [-0.15, -0.1) is 0 Å². The molecule has 6 nitrogen and oxygen atoms in total. The third kappa shape index (κ3) is 3.13. The number of ether oxygens (including phenoxy) is 1. The number of hydrogen-bond donors (Lipinski definition) is 2. The van der Waals surface area contributed by atoms with Crippen LogP contribution in [0.15, 0.2) is 34.2 Å². The SMILES string of the molecule is CN=Cc1c(N)c(-c2cc(N)ccc2OCC2CC2)cn(C)c1=O. The fourth-order valence-corrected chi connectivity index (χ4v) is 2.62. The van der Waals surface area contributed by atoms with Gasteiger partial charge in [0, 0.05) is 43.3 Å². The van der Waals surface area contributed by atoms with Gasteiger partial charge in [0.15, 0.2) is 0 Å². The molecule has 1 saturated carbocycles. The number of anilines is 2. The maximum absolute atomic E-state index is 12.3. The summed E-state index contributed by atoms with van der Waals surface area (Å²) in [4.78, 5) is 16.2. The van der Waals surface area contributed by atoms with Crippen LogP contribution in [0.2, 0.25) is 0 Å². The van der Waals surface area contributed by atoms with Crippen LogP contribution < -0.4 is 21.8 Å². The molecule has 0 aliphatic heterocycles. The number of benzene rings is 1. The van der Waals surface area contributed by atoms with Crippen molar-refractivity contribution in [2.75, 3.05) is 25.1 Å². The van der Waals surface area contributed by atoms with Crippen LogP contribution in [0.25, 0.3) is 11.1 Å². The third-order valence-electron chi connectivity index (χ3n) is 4.18. The van der Waals surface area contributed by atoms with E-state index in [9.17, 15) is 4.79 Å². The van der Waals surface area contributed by atoms with E-state index < -0.39 is 0 Å². The summed E-state index contributed by atoms with van der Waals surface area (Å²) >= 11 is 0. The molecule has 0 spiro atoms. The van der Waals surface area contributed by atoms with Crippen LogP contribution >= 0.6 is 0 Å². The van der Waals surface area contributed by atoms with E-state index in [2.05, 4.69) is 4.99 Å². The highest BCUT2D eigenvalue weighted by Crippen LogP contribution is 2.37. The number of nitrogens with zero attached hydrogens (tertiary/aromatic N) is 2. The molecule has 1 fully saturated rings. The monoisotopic (exact) mass is 326 g/mol. The molecule has 2 aromatic rings. The highest BCUT2D eigenvalue weighted by Gasteiger charge is 2.23. The maximum atomic E-state index is 12.3. The largest absolute Gasteiger partial charge is 0.493 e. The van der Waals surface area contributed by atoms with Crippen LogP contribution in [0, 0.1) is 5.92 Å². The Morgan fingerprint density at radius 2 is 2.08 bits per heavy atom. The van der Waals surface area contributed by atoms with E-state index in [1.165, 1.54) is 23.6 Å². The molecule has 0 bridgehead atoms. The van der Waals surface area contributed by atoms with Crippen molar-refractivity contribution in [3.05, 3.63) is 40.3 Å². The van der Waals surface area contributed by atoms with Crippen LogP contribution in [-0.2, 0) is 7.05 Å². The third-order valence-corrected chi connectivity index (χ3v) is 4.18. The van der Waals surface area contributed by atoms with Crippen LogP contribution in [0.4, 0.5) is 11.4 Å². The molecule has 1 aliphatic carbocycles. The lowest BCUT2D eigenvalue weighted by atomic mass is 10.0. The molecular formula is C18H22N4O2. The van der Waals surface area contributed by atoms with Crippen LogP contribution in [0.3, 0.4) is 0 Å². The molecule has 0 radical (unpaired) electrons. The van der Waals surface area contributed by atoms with Crippen molar-refractivity contribution in [2.45, 2.75) is 12.8 Å². The molecule has 24 heavy (non-hydrogen) atoms. The summed E-state index contributed by atoms with van der Waals surface area (Å²) in [6.45, 7) is 0.686. The van der Waals surface area contributed by atoms with Crippen LogP contribution in [0.5, 0.6) is 5.75 Å². The minimum Gasteiger partial charge on any atom is -0.493 e. The normalized spacial score (nSPS) is 14.2. The molecule has 1 heterocycles. The van der Waals surface area contributed by atoms with Gasteiger partial charge >= 0.3 is 0 Å². The lowest BCUT2D eigenvalue weighted by Crippen LogP contribution is -2.23. The second kappa shape index (κ2) is 6.39. The van der Waals surface area contributed by atoms with Crippen molar-refractivity contribution >= 4 is 17.6 Å². The maximum Gasteiger partial charge on any atom is 0.261 e. The Kier molecular flexibility index (Phi) is 4.29. The molecule has 6 heteroatoms. The molecule has 126 valence electrons. The average Bonchev–Trinajstić information content (AvgIpc) is 3.38. The molecule has 1 aromatic heterocycles. The number of hydrogen-bond acceptors (Lipinski definition) is 5.